The number of thioether (sulfide) groups is 1. The van der Waals surface area contributed by atoms with Gasteiger partial charge in [0.1, 0.15) is 10.6 Å². The predicted molar refractivity (Wildman–Crippen MR) is 133 cm³/mol. The van der Waals surface area contributed by atoms with Gasteiger partial charge in [0, 0.05) is 36.2 Å². The fourth-order valence-electron chi connectivity index (χ4n) is 4.70. The number of ether oxygens (including phenoxy) is 2. The van der Waals surface area contributed by atoms with Crippen LogP contribution in [0.25, 0.3) is 20.4 Å². The Labute approximate surface area is 197 Å². The minimum absolute atomic E-state index is 0.194. The molecule has 1 saturated heterocycles. The zero-order chi connectivity index (χ0) is 22.5. The summed E-state index contributed by atoms with van der Waals surface area (Å²) in [6, 6.07) is 0. The molecule has 0 aliphatic carbocycles. The zero-order valence-electron chi connectivity index (χ0n) is 19.6. The number of nitrogens with zero attached hydrogens (tertiary/aromatic N) is 3. The Balaban J connectivity index is 1.69. The Hall–Kier alpha value is -1.48. The lowest BCUT2D eigenvalue weighted by atomic mass is 9.88. The summed E-state index contributed by atoms with van der Waals surface area (Å²) >= 11 is 3.30. The molecule has 2 aliphatic rings. The van der Waals surface area contributed by atoms with E-state index in [1.165, 1.54) is 22.2 Å². The maximum atomic E-state index is 6.22. The van der Waals surface area contributed by atoms with Crippen molar-refractivity contribution in [3.63, 3.8) is 0 Å². The summed E-state index contributed by atoms with van der Waals surface area (Å²) in [6.07, 6.45) is 6.36. The van der Waals surface area contributed by atoms with Gasteiger partial charge in [-0.15, -0.1) is 11.3 Å². The maximum absolute atomic E-state index is 6.22. The Morgan fingerprint density at radius 3 is 2.78 bits per heavy atom. The van der Waals surface area contributed by atoms with E-state index < -0.39 is 0 Å². The van der Waals surface area contributed by atoms with Gasteiger partial charge in [0.15, 0.2) is 5.16 Å². The van der Waals surface area contributed by atoms with Gasteiger partial charge in [-0.05, 0) is 50.8 Å². The molecule has 1 fully saturated rings. The number of pyridine rings is 1. The number of aromatic nitrogens is 3. The minimum atomic E-state index is -0.194. The Morgan fingerprint density at radius 2 is 2.06 bits per heavy atom. The highest BCUT2D eigenvalue weighted by molar-refractivity contribution is 7.98. The van der Waals surface area contributed by atoms with Crippen LogP contribution in [0.3, 0.4) is 0 Å². The van der Waals surface area contributed by atoms with Crippen molar-refractivity contribution in [2.45, 2.75) is 76.8 Å². The van der Waals surface area contributed by atoms with Crippen LogP contribution in [0.5, 0.6) is 0 Å². The predicted octanol–water partition coefficient (Wildman–Crippen LogP) is 5.60. The van der Waals surface area contributed by atoms with Gasteiger partial charge in [-0.25, -0.2) is 15.0 Å². The van der Waals surface area contributed by atoms with Crippen LogP contribution in [-0.2, 0) is 28.9 Å². The lowest BCUT2D eigenvalue weighted by Gasteiger charge is -2.33. The van der Waals surface area contributed by atoms with E-state index in [9.17, 15) is 0 Å². The molecule has 0 spiro atoms. The number of hydrogen-bond donors (Lipinski definition) is 1. The molecule has 32 heavy (non-hydrogen) atoms. The van der Waals surface area contributed by atoms with Crippen molar-refractivity contribution in [2.24, 2.45) is 5.92 Å². The number of fused-ring (bicyclic) bond motifs is 5. The van der Waals surface area contributed by atoms with Gasteiger partial charge in [-0.2, -0.15) is 0 Å². The van der Waals surface area contributed by atoms with E-state index in [2.05, 4.69) is 33.0 Å². The lowest BCUT2D eigenvalue weighted by Crippen LogP contribution is -2.33. The third kappa shape index (κ3) is 4.22. The van der Waals surface area contributed by atoms with E-state index in [0.29, 0.717) is 12.5 Å². The molecule has 0 bridgehead atoms. The van der Waals surface area contributed by atoms with Crippen molar-refractivity contribution in [2.75, 3.05) is 24.7 Å². The van der Waals surface area contributed by atoms with Gasteiger partial charge >= 0.3 is 0 Å². The quantitative estimate of drug-likeness (QED) is 0.370. The van der Waals surface area contributed by atoms with Crippen LogP contribution < -0.4 is 5.32 Å². The second-order valence-electron chi connectivity index (χ2n) is 9.87. The van der Waals surface area contributed by atoms with Crippen molar-refractivity contribution < 1.29 is 9.47 Å². The second kappa shape index (κ2) is 8.70. The first-order chi connectivity index (χ1) is 15.3. The molecule has 5 rings (SSSR count). The molecule has 0 aromatic carbocycles. The lowest BCUT2D eigenvalue weighted by molar-refractivity contribution is -0.0402. The molecule has 3 aromatic heterocycles. The monoisotopic (exact) mass is 472 g/mol. The second-order valence-corrected chi connectivity index (χ2v) is 11.6. The van der Waals surface area contributed by atoms with E-state index in [1.807, 2.05) is 6.26 Å². The topological polar surface area (TPSA) is 69.2 Å². The third-order valence-corrected chi connectivity index (χ3v) is 7.89. The van der Waals surface area contributed by atoms with Crippen LogP contribution in [0.1, 0.15) is 57.4 Å². The van der Waals surface area contributed by atoms with Crippen LogP contribution in [0, 0.1) is 5.92 Å². The highest BCUT2D eigenvalue weighted by Gasteiger charge is 2.32. The molecule has 0 unspecified atom stereocenters. The van der Waals surface area contributed by atoms with Crippen LogP contribution in [0.15, 0.2) is 5.16 Å². The molecule has 172 valence electrons. The molecule has 1 N–H and O–H groups in total. The van der Waals surface area contributed by atoms with E-state index in [1.54, 1.807) is 23.1 Å². The Morgan fingerprint density at radius 1 is 1.22 bits per heavy atom. The van der Waals surface area contributed by atoms with Gasteiger partial charge in [0.2, 0.25) is 0 Å². The highest BCUT2D eigenvalue weighted by atomic mass is 32.2. The van der Waals surface area contributed by atoms with E-state index >= 15 is 0 Å². The molecule has 2 aliphatic heterocycles. The summed E-state index contributed by atoms with van der Waals surface area (Å²) in [6.45, 7) is 11.1. The summed E-state index contributed by atoms with van der Waals surface area (Å²) in [5.41, 5.74) is 4.64. The fourth-order valence-corrected chi connectivity index (χ4v) is 6.20. The highest BCUT2D eigenvalue weighted by Crippen LogP contribution is 2.43. The molecule has 0 amide bonds. The molecule has 8 heteroatoms. The number of hydrogen-bond acceptors (Lipinski definition) is 8. The Kier molecular flexibility index (Phi) is 6.07. The summed E-state index contributed by atoms with van der Waals surface area (Å²) in [7, 11) is 0. The van der Waals surface area contributed by atoms with E-state index in [-0.39, 0.29) is 11.7 Å². The first-order valence-corrected chi connectivity index (χ1v) is 13.6. The van der Waals surface area contributed by atoms with Gasteiger partial charge in [0.25, 0.3) is 0 Å². The van der Waals surface area contributed by atoms with Crippen molar-refractivity contribution in [1.82, 2.24) is 15.0 Å². The van der Waals surface area contributed by atoms with Crippen LogP contribution in [0.4, 0.5) is 5.82 Å². The number of thiophene rings is 1. The largest absolute Gasteiger partial charge is 0.376 e. The number of anilines is 1. The Bertz CT molecular complexity index is 1150. The average Bonchev–Trinajstić information content (AvgIpc) is 3.38. The molecule has 5 heterocycles. The van der Waals surface area contributed by atoms with Gasteiger partial charge in [0.05, 0.1) is 28.5 Å². The number of nitrogens with one attached hydrogen (secondary N) is 1. The van der Waals surface area contributed by atoms with Crippen LogP contribution in [0.2, 0.25) is 0 Å². The summed E-state index contributed by atoms with van der Waals surface area (Å²) < 4.78 is 13.1. The summed E-state index contributed by atoms with van der Waals surface area (Å²) in [5.74, 6) is 1.45. The molecule has 0 radical (unpaired) electrons. The molecular formula is C24H32N4O2S2. The molecule has 1 atom stereocenters. The van der Waals surface area contributed by atoms with Crippen molar-refractivity contribution in [1.29, 1.82) is 0 Å². The van der Waals surface area contributed by atoms with Gasteiger partial charge in [-0.1, -0.05) is 25.6 Å². The van der Waals surface area contributed by atoms with Crippen LogP contribution in [-0.4, -0.2) is 46.1 Å². The van der Waals surface area contributed by atoms with E-state index in [4.69, 9.17) is 24.4 Å². The first-order valence-electron chi connectivity index (χ1n) is 11.5. The van der Waals surface area contributed by atoms with E-state index in [0.717, 1.165) is 64.9 Å². The summed E-state index contributed by atoms with van der Waals surface area (Å²) in [4.78, 5) is 16.0. The molecule has 0 saturated carbocycles. The molecular weight excluding hydrogens is 440 g/mol. The van der Waals surface area contributed by atoms with Crippen molar-refractivity contribution in [3.8, 4) is 0 Å². The first kappa shape index (κ1) is 22.3. The molecule has 3 aromatic rings. The van der Waals surface area contributed by atoms with Crippen LogP contribution >= 0.6 is 23.1 Å². The standard InChI is InChI=1S/C24H32N4O2S2/c1-13(2)9-17-16-12-30-24(3,4)10-15(16)18-19-20(32-22(18)26-17)21(28-23(27-19)31-5)25-11-14-7-6-8-29-14/h13-14H,6-12H2,1-5H3,(H,25,27,28)/t14-/m0/s1. The van der Waals surface area contributed by atoms with Crippen molar-refractivity contribution in [3.05, 3.63) is 16.8 Å². The van der Waals surface area contributed by atoms with Gasteiger partial charge < -0.3 is 14.8 Å². The fraction of sp³-hybridized carbons (Fsp3) is 0.625. The average molecular weight is 473 g/mol. The van der Waals surface area contributed by atoms with Crippen molar-refractivity contribution >= 4 is 49.3 Å². The zero-order valence-corrected chi connectivity index (χ0v) is 21.2. The maximum Gasteiger partial charge on any atom is 0.189 e. The normalized spacial score (nSPS) is 20.4. The smallest absolute Gasteiger partial charge is 0.189 e. The number of rotatable bonds is 6. The third-order valence-electron chi connectivity index (χ3n) is 6.26. The summed E-state index contributed by atoms with van der Waals surface area (Å²) in [5, 5.41) is 5.56. The molecule has 6 nitrogen and oxygen atoms in total. The SMILES string of the molecule is CSc1nc(NC[C@@H]2CCCO2)c2sc3nc(CC(C)C)c4c(c3c2n1)CC(C)(C)OC4. The van der Waals surface area contributed by atoms with Gasteiger partial charge in [-0.3, -0.25) is 0 Å². The minimum Gasteiger partial charge on any atom is -0.376 e.